The molecular formula is C17H15ClF7N3O3S. The number of nitrogens with zero attached hydrogens (tertiary/aromatic N) is 2. The molecule has 6 nitrogen and oxygen atoms in total. The van der Waals surface area contributed by atoms with Gasteiger partial charge in [-0.2, -0.15) is 30.6 Å². The van der Waals surface area contributed by atoms with Crippen molar-refractivity contribution in [3.8, 4) is 0 Å². The number of rotatable bonds is 5. The predicted molar refractivity (Wildman–Crippen MR) is 100 cm³/mol. The van der Waals surface area contributed by atoms with E-state index in [9.17, 15) is 43.9 Å². The SMILES string of the molecule is C[C@@H](N(C)S(=O)(=O)c1cn(C)c(C(=O)Nc2ccc(F)c(C(F)(F)F)c2)c1Cl)C(F)(F)F. The lowest BCUT2D eigenvalue weighted by molar-refractivity contribution is -0.164. The van der Waals surface area contributed by atoms with Crippen molar-refractivity contribution in [3.05, 3.63) is 46.5 Å². The van der Waals surface area contributed by atoms with Crippen LogP contribution in [0.5, 0.6) is 0 Å². The standard InChI is InChI=1S/C17H15ClF7N3O3S/c1-8(16(20,21)22)28(3)32(30,31)12-7-27(2)14(13(12)18)15(29)26-9-4-5-11(19)10(6-9)17(23,24)25/h4-8H,1-3H3,(H,26,29)/t8-/m1/s1. The van der Waals surface area contributed by atoms with Gasteiger partial charge in [-0.3, -0.25) is 4.79 Å². The van der Waals surface area contributed by atoms with Gasteiger partial charge in [-0.05, 0) is 25.1 Å². The molecule has 1 amide bonds. The Kier molecular flexibility index (Phi) is 6.93. The molecule has 0 saturated heterocycles. The first-order valence-corrected chi connectivity index (χ1v) is 10.3. The van der Waals surface area contributed by atoms with E-state index in [1.807, 2.05) is 5.32 Å². The zero-order valence-electron chi connectivity index (χ0n) is 16.4. The summed E-state index contributed by atoms with van der Waals surface area (Å²) >= 11 is 5.96. The number of amides is 1. The highest BCUT2D eigenvalue weighted by Crippen LogP contribution is 2.35. The van der Waals surface area contributed by atoms with Gasteiger partial charge < -0.3 is 9.88 Å². The maximum atomic E-state index is 13.4. The first-order chi connectivity index (χ1) is 14.4. The Hall–Kier alpha value is -2.32. The molecule has 2 aromatic rings. The quantitative estimate of drug-likeness (QED) is 0.596. The summed E-state index contributed by atoms with van der Waals surface area (Å²) in [6.07, 6.45) is -9.14. The van der Waals surface area contributed by atoms with Crippen molar-refractivity contribution in [2.24, 2.45) is 7.05 Å². The fraction of sp³-hybridized carbons (Fsp3) is 0.353. The third-order valence-electron chi connectivity index (χ3n) is 4.51. The third-order valence-corrected chi connectivity index (χ3v) is 6.94. The number of aryl methyl sites for hydroxylation is 1. The lowest BCUT2D eigenvalue weighted by Crippen LogP contribution is -2.44. The van der Waals surface area contributed by atoms with Crippen LogP contribution in [0.1, 0.15) is 23.0 Å². The van der Waals surface area contributed by atoms with Crippen LogP contribution in [-0.4, -0.2) is 42.5 Å². The monoisotopic (exact) mass is 509 g/mol. The minimum atomic E-state index is -5.05. The Labute approximate surface area is 182 Å². The van der Waals surface area contributed by atoms with E-state index in [1.54, 1.807) is 0 Å². The number of carbonyl (C=O) groups excluding carboxylic acids is 1. The molecule has 1 aromatic heterocycles. The van der Waals surface area contributed by atoms with Crippen LogP contribution in [0, 0.1) is 5.82 Å². The lowest BCUT2D eigenvalue weighted by atomic mass is 10.1. The molecule has 1 atom stereocenters. The van der Waals surface area contributed by atoms with Crippen molar-refractivity contribution in [1.29, 1.82) is 0 Å². The molecule has 178 valence electrons. The zero-order valence-corrected chi connectivity index (χ0v) is 18.0. The Morgan fingerprint density at radius 1 is 1.19 bits per heavy atom. The number of halogens is 8. The number of hydrogen-bond acceptors (Lipinski definition) is 3. The van der Waals surface area contributed by atoms with E-state index in [-0.39, 0.29) is 4.31 Å². The highest BCUT2D eigenvalue weighted by atomic mass is 35.5. The van der Waals surface area contributed by atoms with Crippen LogP contribution in [0.3, 0.4) is 0 Å². The maximum absolute atomic E-state index is 13.4. The van der Waals surface area contributed by atoms with Gasteiger partial charge in [0.15, 0.2) is 0 Å². The van der Waals surface area contributed by atoms with Crippen LogP contribution in [0.15, 0.2) is 29.3 Å². The maximum Gasteiger partial charge on any atom is 0.419 e. The van der Waals surface area contributed by atoms with Crippen LogP contribution in [0.25, 0.3) is 0 Å². The summed E-state index contributed by atoms with van der Waals surface area (Å²) in [5, 5.41) is 1.28. The summed E-state index contributed by atoms with van der Waals surface area (Å²) < 4.78 is 117. The molecule has 15 heteroatoms. The van der Waals surface area contributed by atoms with Crippen LogP contribution in [-0.2, 0) is 23.2 Å². The number of alkyl halides is 6. The second kappa shape index (κ2) is 8.56. The van der Waals surface area contributed by atoms with Gasteiger partial charge in [-0.25, -0.2) is 12.8 Å². The van der Waals surface area contributed by atoms with E-state index < -0.39 is 67.0 Å². The summed E-state index contributed by atoms with van der Waals surface area (Å²) in [5.74, 6) is -2.76. The molecule has 1 heterocycles. The normalized spacial score (nSPS) is 14.0. The summed E-state index contributed by atoms with van der Waals surface area (Å²) in [7, 11) is -2.98. The van der Waals surface area contributed by atoms with Gasteiger partial charge in [0.05, 0.1) is 10.6 Å². The number of nitrogens with one attached hydrogen (secondary N) is 1. The molecule has 0 unspecified atom stereocenters. The second-order valence-electron chi connectivity index (χ2n) is 6.65. The molecule has 0 radical (unpaired) electrons. The van der Waals surface area contributed by atoms with Crippen molar-refractivity contribution in [2.75, 3.05) is 12.4 Å². The third kappa shape index (κ3) is 5.02. The van der Waals surface area contributed by atoms with Gasteiger partial charge in [0, 0.05) is 26.0 Å². The van der Waals surface area contributed by atoms with Crippen molar-refractivity contribution in [1.82, 2.24) is 8.87 Å². The Bertz CT molecular complexity index is 1140. The Morgan fingerprint density at radius 3 is 2.25 bits per heavy atom. The fourth-order valence-corrected chi connectivity index (χ4v) is 4.61. The number of carbonyl (C=O) groups is 1. The minimum Gasteiger partial charge on any atom is -0.344 e. The van der Waals surface area contributed by atoms with Crippen LogP contribution >= 0.6 is 11.6 Å². The fourth-order valence-electron chi connectivity index (χ4n) is 2.59. The topological polar surface area (TPSA) is 71.4 Å². The molecule has 0 aliphatic rings. The first kappa shape index (κ1) is 25.9. The van der Waals surface area contributed by atoms with Crippen molar-refractivity contribution >= 4 is 33.2 Å². The van der Waals surface area contributed by atoms with E-state index in [0.29, 0.717) is 26.1 Å². The number of benzene rings is 1. The number of anilines is 1. The predicted octanol–water partition coefficient (Wildman–Crippen LogP) is 4.66. The minimum absolute atomic E-state index is 0.0193. The van der Waals surface area contributed by atoms with Gasteiger partial charge in [0.2, 0.25) is 10.0 Å². The van der Waals surface area contributed by atoms with Gasteiger partial charge in [-0.15, -0.1) is 0 Å². The molecule has 32 heavy (non-hydrogen) atoms. The lowest BCUT2D eigenvalue weighted by Gasteiger charge is -2.25. The highest BCUT2D eigenvalue weighted by molar-refractivity contribution is 7.89. The van der Waals surface area contributed by atoms with E-state index in [4.69, 9.17) is 11.6 Å². The summed E-state index contributed by atoms with van der Waals surface area (Å²) in [5.41, 5.74) is -2.69. The van der Waals surface area contributed by atoms with Crippen molar-refractivity contribution < 1.29 is 43.9 Å². The van der Waals surface area contributed by atoms with Crippen LogP contribution < -0.4 is 5.32 Å². The highest BCUT2D eigenvalue weighted by Gasteiger charge is 2.44. The van der Waals surface area contributed by atoms with E-state index in [2.05, 4.69) is 0 Å². The van der Waals surface area contributed by atoms with Crippen LogP contribution in [0.4, 0.5) is 36.4 Å². The van der Waals surface area contributed by atoms with Crippen LogP contribution in [0.2, 0.25) is 5.02 Å². The number of sulfonamides is 1. The Balaban J connectivity index is 2.43. The van der Waals surface area contributed by atoms with Gasteiger partial charge in [0.25, 0.3) is 5.91 Å². The molecule has 0 bridgehead atoms. The molecule has 0 spiro atoms. The van der Waals surface area contributed by atoms with Crippen molar-refractivity contribution in [2.45, 2.75) is 30.2 Å². The summed E-state index contributed by atoms with van der Waals surface area (Å²) in [6.45, 7) is 0.606. The molecule has 0 fully saturated rings. The van der Waals surface area contributed by atoms with E-state index >= 15 is 0 Å². The number of hydrogen-bond donors (Lipinski definition) is 1. The molecular weight excluding hydrogens is 495 g/mol. The zero-order chi connectivity index (χ0) is 24.8. The molecule has 0 saturated carbocycles. The number of aromatic nitrogens is 1. The smallest absolute Gasteiger partial charge is 0.344 e. The first-order valence-electron chi connectivity index (χ1n) is 8.46. The van der Waals surface area contributed by atoms with Gasteiger partial charge in [-0.1, -0.05) is 11.6 Å². The van der Waals surface area contributed by atoms with Crippen molar-refractivity contribution in [3.63, 3.8) is 0 Å². The molecule has 1 aromatic carbocycles. The van der Waals surface area contributed by atoms with Gasteiger partial charge in [0.1, 0.15) is 22.4 Å². The molecule has 2 rings (SSSR count). The average molecular weight is 510 g/mol. The largest absolute Gasteiger partial charge is 0.419 e. The second-order valence-corrected chi connectivity index (χ2v) is 9.00. The molecule has 0 aliphatic carbocycles. The summed E-state index contributed by atoms with van der Waals surface area (Å²) in [4.78, 5) is 11.7. The van der Waals surface area contributed by atoms with E-state index in [1.165, 1.54) is 0 Å². The molecule has 1 N–H and O–H groups in total. The summed E-state index contributed by atoms with van der Waals surface area (Å²) in [6, 6.07) is -0.800. The van der Waals surface area contributed by atoms with E-state index in [0.717, 1.165) is 23.9 Å². The van der Waals surface area contributed by atoms with Gasteiger partial charge >= 0.3 is 12.4 Å². The molecule has 0 aliphatic heterocycles. The average Bonchev–Trinajstić information content (AvgIpc) is 2.95. The Morgan fingerprint density at radius 2 is 1.75 bits per heavy atom.